The van der Waals surface area contributed by atoms with Crippen molar-refractivity contribution in [2.45, 2.75) is 18.9 Å². The molecule has 2 nitrogen and oxygen atoms in total. The van der Waals surface area contributed by atoms with Gasteiger partial charge in [0.05, 0.1) is 11.8 Å². The second-order valence-electron chi connectivity index (χ2n) is 4.80. The summed E-state index contributed by atoms with van der Waals surface area (Å²) in [7, 11) is 0. The molecule has 1 aromatic heterocycles. The molecule has 96 valence electrons. The lowest BCUT2D eigenvalue weighted by Gasteiger charge is -2.24. The molecular weight excluding hydrogens is 300 g/mol. The molecule has 0 N–H and O–H groups in total. The predicted octanol–water partition coefficient (Wildman–Crippen LogP) is 4.05. The van der Waals surface area contributed by atoms with Crippen LogP contribution in [0.5, 0.6) is 0 Å². The van der Waals surface area contributed by atoms with E-state index in [-0.39, 0.29) is 0 Å². The number of dihydropyridines is 1. The minimum Gasteiger partial charge on any atom is -0.280 e. The van der Waals surface area contributed by atoms with Gasteiger partial charge in [-0.15, -0.1) is 0 Å². The van der Waals surface area contributed by atoms with Crippen molar-refractivity contribution in [3.05, 3.63) is 65.0 Å². The molecule has 2 atom stereocenters. The van der Waals surface area contributed by atoms with Crippen LogP contribution in [-0.2, 0) is 0 Å². The zero-order chi connectivity index (χ0) is 13.1. The maximum Gasteiger partial charge on any atom is 0.0648 e. The van der Waals surface area contributed by atoms with Crippen LogP contribution in [-0.4, -0.2) is 16.7 Å². The molecule has 0 bridgehead atoms. The first-order chi connectivity index (χ1) is 9.33. The van der Waals surface area contributed by atoms with Crippen LogP contribution in [0.1, 0.15) is 18.4 Å². The van der Waals surface area contributed by atoms with E-state index in [0.717, 1.165) is 24.1 Å². The maximum atomic E-state index is 4.91. The fourth-order valence-electron chi connectivity index (χ4n) is 2.45. The average molecular weight is 315 g/mol. The Balaban J connectivity index is 1.81. The number of aromatic nitrogens is 1. The van der Waals surface area contributed by atoms with E-state index in [1.807, 2.05) is 24.5 Å². The van der Waals surface area contributed by atoms with Gasteiger partial charge in [0.25, 0.3) is 0 Å². The largest absolute Gasteiger partial charge is 0.280 e. The number of allylic oxidation sites excluding steroid dienone is 4. The lowest BCUT2D eigenvalue weighted by Crippen LogP contribution is -2.21. The molecule has 1 aliphatic heterocycles. The number of pyridine rings is 1. The highest BCUT2D eigenvalue weighted by molar-refractivity contribution is 9.11. The SMILES string of the molecule is BrC1=CCC(C2CC=CC(c3ccncc3)=N2)C=C1. The highest BCUT2D eigenvalue weighted by Crippen LogP contribution is 2.28. The minimum atomic E-state index is 0.348. The first kappa shape index (κ1) is 12.5. The van der Waals surface area contributed by atoms with E-state index in [1.165, 1.54) is 4.48 Å². The number of hydrogen-bond donors (Lipinski definition) is 0. The zero-order valence-electron chi connectivity index (χ0n) is 10.5. The Labute approximate surface area is 121 Å². The molecule has 3 heteroatoms. The normalized spacial score (nSPS) is 25.9. The summed E-state index contributed by atoms with van der Waals surface area (Å²) in [5.41, 5.74) is 2.22. The fourth-order valence-corrected chi connectivity index (χ4v) is 2.79. The third-order valence-electron chi connectivity index (χ3n) is 3.52. The predicted molar refractivity (Wildman–Crippen MR) is 82.6 cm³/mol. The van der Waals surface area contributed by atoms with Gasteiger partial charge in [0.15, 0.2) is 0 Å². The van der Waals surface area contributed by atoms with Crippen LogP contribution in [0.2, 0.25) is 0 Å². The van der Waals surface area contributed by atoms with Crippen LogP contribution < -0.4 is 0 Å². The van der Waals surface area contributed by atoms with Gasteiger partial charge in [-0.3, -0.25) is 9.98 Å². The van der Waals surface area contributed by atoms with Crippen molar-refractivity contribution in [1.82, 2.24) is 4.98 Å². The van der Waals surface area contributed by atoms with Gasteiger partial charge in [0.1, 0.15) is 0 Å². The van der Waals surface area contributed by atoms with E-state index in [9.17, 15) is 0 Å². The summed E-state index contributed by atoms with van der Waals surface area (Å²) in [5, 5.41) is 0. The Hall–Kier alpha value is -1.48. The third-order valence-corrected chi connectivity index (χ3v) is 4.10. The van der Waals surface area contributed by atoms with Gasteiger partial charge in [0.2, 0.25) is 0 Å². The van der Waals surface area contributed by atoms with Crippen molar-refractivity contribution < 1.29 is 0 Å². The van der Waals surface area contributed by atoms with Crippen molar-refractivity contribution in [2.75, 3.05) is 0 Å². The van der Waals surface area contributed by atoms with Crippen molar-refractivity contribution in [1.29, 1.82) is 0 Å². The lowest BCUT2D eigenvalue weighted by atomic mass is 9.89. The molecule has 0 amide bonds. The second kappa shape index (κ2) is 5.66. The van der Waals surface area contributed by atoms with E-state index >= 15 is 0 Å². The summed E-state index contributed by atoms with van der Waals surface area (Å²) in [6, 6.07) is 4.37. The molecule has 2 unspecified atom stereocenters. The first-order valence-electron chi connectivity index (χ1n) is 6.51. The fraction of sp³-hybridized carbons (Fsp3) is 0.250. The number of aliphatic imine (C=N–C) groups is 1. The van der Waals surface area contributed by atoms with Gasteiger partial charge >= 0.3 is 0 Å². The Morgan fingerprint density at radius 1 is 1.11 bits per heavy atom. The molecule has 0 saturated heterocycles. The minimum absolute atomic E-state index is 0.348. The van der Waals surface area contributed by atoms with Crippen LogP contribution in [0.25, 0.3) is 0 Å². The van der Waals surface area contributed by atoms with E-state index in [0.29, 0.717) is 12.0 Å². The van der Waals surface area contributed by atoms with Crippen LogP contribution in [0.4, 0.5) is 0 Å². The molecular formula is C16H15BrN2. The molecule has 0 radical (unpaired) electrons. The van der Waals surface area contributed by atoms with Crippen LogP contribution in [0, 0.1) is 5.92 Å². The highest BCUT2D eigenvalue weighted by atomic mass is 79.9. The standard InChI is InChI=1S/C16H15BrN2/c17-14-6-4-12(5-7-14)15-2-1-3-16(19-15)13-8-10-18-11-9-13/h1,3-4,6-12,15H,2,5H2. The zero-order valence-corrected chi connectivity index (χ0v) is 12.1. The highest BCUT2D eigenvalue weighted by Gasteiger charge is 2.21. The van der Waals surface area contributed by atoms with Gasteiger partial charge in [-0.1, -0.05) is 40.2 Å². The molecule has 19 heavy (non-hydrogen) atoms. The average Bonchev–Trinajstić information content (AvgIpc) is 2.49. The number of rotatable bonds is 2. The summed E-state index contributed by atoms with van der Waals surface area (Å²) < 4.78 is 1.17. The molecule has 1 aliphatic carbocycles. The second-order valence-corrected chi connectivity index (χ2v) is 5.72. The van der Waals surface area contributed by atoms with Gasteiger partial charge in [-0.2, -0.15) is 0 Å². The number of hydrogen-bond acceptors (Lipinski definition) is 2. The van der Waals surface area contributed by atoms with Crippen LogP contribution >= 0.6 is 15.9 Å². The van der Waals surface area contributed by atoms with Crippen molar-refractivity contribution in [3.63, 3.8) is 0 Å². The van der Waals surface area contributed by atoms with E-state index in [1.54, 1.807) is 0 Å². The van der Waals surface area contributed by atoms with E-state index in [4.69, 9.17) is 4.99 Å². The van der Waals surface area contributed by atoms with Gasteiger partial charge in [-0.25, -0.2) is 0 Å². The summed E-state index contributed by atoms with van der Waals surface area (Å²) in [6.45, 7) is 0. The molecule has 2 aliphatic rings. The number of nitrogens with zero attached hydrogens (tertiary/aromatic N) is 2. The summed E-state index contributed by atoms with van der Waals surface area (Å²) in [5.74, 6) is 0.503. The Morgan fingerprint density at radius 2 is 1.95 bits per heavy atom. The quantitative estimate of drug-likeness (QED) is 0.808. The molecule has 0 spiro atoms. The third kappa shape index (κ3) is 2.92. The topological polar surface area (TPSA) is 25.2 Å². The smallest absolute Gasteiger partial charge is 0.0648 e. The van der Waals surface area contributed by atoms with Crippen molar-refractivity contribution >= 4 is 21.6 Å². The maximum absolute atomic E-state index is 4.91. The Bertz CT molecular complexity index is 570. The first-order valence-corrected chi connectivity index (χ1v) is 7.31. The number of halogens is 1. The molecule has 0 aromatic carbocycles. The van der Waals surface area contributed by atoms with Gasteiger partial charge in [0, 0.05) is 28.4 Å². The molecule has 3 rings (SSSR count). The Morgan fingerprint density at radius 3 is 2.68 bits per heavy atom. The summed E-state index contributed by atoms with van der Waals surface area (Å²) >= 11 is 3.51. The molecule has 0 saturated carbocycles. The van der Waals surface area contributed by atoms with E-state index < -0.39 is 0 Å². The van der Waals surface area contributed by atoms with Crippen LogP contribution in [0.3, 0.4) is 0 Å². The molecule has 2 heterocycles. The van der Waals surface area contributed by atoms with Crippen molar-refractivity contribution in [3.8, 4) is 0 Å². The van der Waals surface area contributed by atoms with Gasteiger partial charge in [-0.05, 0) is 31.1 Å². The van der Waals surface area contributed by atoms with Crippen molar-refractivity contribution in [2.24, 2.45) is 10.9 Å². The Kier molecular flexibility index (Phi) is 3.74. The summed E-state index contributed by atoms with van der Waals surface area (Å²) in [6.07, 6.45) is 16.7. The molecule has 1 aromatic rings. The van der Waals surface area contributed by atoms with E-state index in [2.05, 4.69) is 51.3 Å². The van der Waals surface area contributed by atoms with Crippen LogP contribution in [0.15, 0.2) is 64.4 Å². The monoisotopic (exact) mass is 314 g/mol. The molecule has 0 fully saturated rings. The lowest BCUT2D eigenvalue weighted by molar-refractivity contribution is 0.506. The summed E-state index contributed by atoms with van der Waals surface area (Å²) in [4.78, 5) is 8.96. The van der Waals surface area contributed by atoms with Gasteiger partial charge < -0.3 is 0 Å².